The van der Waals surface area contributed by atoms with Gasteiger partial charge in [-0.2, -0.15) is 8.42 Å². The predicted octanol–water partition coefficient (Wildman–Crippen LogP) is 1.95. The van der Waals surface area contributed by atoms with Crippen molar-refractivity contribution in [2.24, 2.45) is 0 Å². The molecule has 9 heteroatoms. The minimum Gasteiger partial charge on any atom is -0.379 e. The molecule has 2 aromatic carbocycles. The lowest BCUT2D eigenvalue weighted by atomic mass is 10.2. The summed E-state index contributed by atoms with van der Waals surface area (Å²) in [5.74, 6) is 0.104. The highest BCUT2D eigenvalue weighted by Gasteiger charge is 2.18. The summed E-state index contributed by atoms with van der Waals surface area (Å²) in [4.78, 5) is 27.3. The van der Waals surface area contributed by atoms with Gasteiger partial charge in [0.15, 0.2) is 0 Å². The number of nitrogens with one attached hydrogen (secondary N) is 2. The van der Waals surface area contributed by atoms with Crippen molar-refractivity contribution in [1.29, 1.82) is 0 Å². The predicted molar refractivity (Wildman–Crippen MR) is 89.2 cm³/mol. The lowest BCUT2D eigenvalue weighted by molar-refractivity contribution is 0.486. The van der Waals surface area contributed by atoms with E-state index in [0.717, 1.165) is 6.07 Å². The van der Waals surface area contributed by atoms with Crippen LogP contribution in [0.15, 0.2) is 50.9 Å². The maximum absolute atomic E-state index is 12.4. The number of benzene rings is 2. The first-order valence-electron chi connectivity index (χ1n) is 6.73. The number of hydrogen-bond donors (Lipinski definition) is 2. The highest BCUT2D eigenvalue weighted by molar-refractivity contribution is 7.87. The summed E-state index contributed by atoms with van der Waals surface area (Å²) in [7, 11) is -4.15. The molecule has 0 bridgehead atoms. The van der Waals surface area contributed by atoms with Gasteiger partial charge in [0.2, 0.25) is 0 Å². The Hall–Kier alpha value is -2.58. The van der Waals surface area contributed by atoms with E-state index in [2.05, 4.69) is 4.98 Å². The van der Waals surface area contributed by atoms with Crippen molar-refractivity contribution in [2.75, 3.05) is 0 Å². The van der Waals surface area contributed by atoms with E-state index in [1.54, 1.807) is 6.92 Å². The number of hydrogen-bond acceptors (Lipinski definition) is 5. The fourth-order valence-corrected chi connectivity index (χ4v) is 3.21. The van der Waals surface area contributed by atoms with Crippen molar-refractivity contribution >= 4 is 32.6 Å². The highest BCUT2D eigenvalue weighted by Crippen LogP contribution is 2.24. The molecule has 0 amide bonds. The quantitative estimate of drug-likeness (QED) is 0.688. The molecule has 0 atom stereocenters. The molecule has 124 valence electrons. The second-order valence-electron chi connectivity index (χ2n) is 5.06. The van der Waals surface area contributed by atoms with E-state index >= 15 is 0 Å². The third kappa shape index (κ3) is 3.06. The van der Waals surface area contributed by atoms with E-state index in [1.807, 2.05) is 4.98 Å². The third-order valence-electron chi connectivity index (χ3n) is 3.33. The first-order valence-corrected chi connectivity index (χ1v) is 8.52. The van der Waals surface area contributed by atoms with E-state index in [0.29, 0.717) is 10.6 Å². The minimum absolute atomic E-state index is 0.0339. The molecule has 7 nitrogen and oxygen atoms in total. The van der Waals surface area contributed by atoms with Gasteiger partial charge in [-0.1, -0.05) is 11.6 Å². The number of aryl methyl sites for hydroxylation is 1. The summed E-state index contributed by atoms with van der Waals surface area (Å²) in [6.07, 6.45) is 0. The van der Waals surface area contributed by atoms with Crippen LogP contribution in [0.4, 0.5) is 0 Å². The number of aromatic nitrogens is 2. The summed E-state index contributed by atoms with van der Waals surface area (Å²) in [6, 6.07) is 8.16. The standard InChI is InChI=1S/C15H11ClN2O5S/c1-8-6-9(2-4-12(8)16)23-24(21,22)10-3-5-13-11(7-10)14(19)18-15(20)17-13/h2-7H,1H3,(H2,17,18,19,20). The van der Waals surface area contributed by atoms with Crippen LogP contribution >= 0.6 is 11.6 Å². The fourth-order valence-electron chi connectivity index (χ4n) is 2.14. The molecule has 0 spiro atoms. The largest absolute Gasteiger partial charge is 0.379 e. The lowest BCUT2D eigenvalue weighted by Gasteiger charge is -2.09. The molecular formula is C15H11ClN2O5S. The number of aromatic amines is 2. The molecule has 0 saturated heterocycles. The first-order chi connectivity index (χ1) is 11.3. The van der Waals surface area contributed by atoms with Gasteiger partial charge in [0, 0.05) is 5.02 Å². The maximum Gasteiger partial charge on any atom is 0.339 e. The van der Waals surface area contributed by atoms with Crippen LogP contribution in [0.2, 0.25) is 5.02 Å². The van der Waals surface area contributed by atoms with Gasteiger partial charge in [-0.15, -0.1) is 0 Å². The van der Waals surface area contributed by atoms with Gasteiger partial charge in [-0.05, 0) is 48.9 Å². The van der Waals surface area contributed by atoms with Gasteiger partial charge in [0.25, 0.3) is 5.56 Å². The van der Waals surface area contributed by atoms with E-state index < -0.39 is 21.4 Å². The number of rotatable bonds is 3. The van der Waals surface area contributed by atoms with Crippen LogP contribution in [0.5, 0.6) is 5.75 Å². The summed E-state index contributed by atoms with van der Waals surface area (Å²) >= 11 is 5.89. The van der Waals surface area contributed by atoms with Gasteiger partial charge >= 0.3 is 15.8 Å². The van der Waals surface area contributed by atoms with Crippen molar-refractivity contribution in [1.82, 2.24) is 9.97 Å². The van der Waals surface area contributed by atoms with Crippen LogP contribution in [0.3, 0.4) is 0 Å². The molecule has 24 heavy (non-hydrogen) atoms. The molecule has 3 rings (SSSR count). The molecule has 1 heterocycles. The van der Waals surface area contributed by atoms with Gasteiger partial charge < -0.3 is 9.17 Å². The fraction of sp³-hybridized carbons (Fsp3) is 0.0667. The minimum atomic E-state index is -4.15. The van der Waals surface area contributed by atoms with E-state index in [1.165, 1.54) is 30.3 Å². The molecule has 0 aliphatic heterocycles. The molecule has 0 fully saturated rings. The third-order valence-corrected chi connectivity index (χ3v) is 5.00. The Labute approximate surface area is 141 Å². The van der Waals surface area contributed by atoms with Crippen LogP contribution in [-0.4, -0.2) is 18.4 Å². The molecule has 0 aliphatic rings. The maximum atomic E-state index is 12.4. The van der Waals surface area contributed by atoms with Crippen LogP contribution < -0.4 is 15.4 Å². The Morgan fingerprint density at radius 3 is 2.50 bits per heavy atom. The molecule has 0 radical (unpaired) electrons. The van der Waals surface area contributed by atoms with Crippen molar-refractivity contribution in [3.8, 4) is 5.75 Å². The van der Waals surface area contributed by atoms with Crippen LogP contribution in [0.25, 0.3) is 10.9 Å². The van der Waals surface area contributed by atoms with Crippen LogP contribution in [0.1, 0.15) is 5.56 Å². The van der Waals surface area contributed by atoms with Gasteiger partial charge in [0.05, 0.1) is 10.9 Å². The topological polar surface area (TPSA) is 109 Å². The Morgan fingerprint density at radius 2 is 1.79 bits per heavy atom. The zero-order chi connectivity index (χ0) is 17.5. The van der Waals surface area contributed by atoms with Crippen LogP contribution in [0, 0.1) is 6.92 Å². The average molecular weight is 367 g/mol. The van der Waals surface area contributed by atoms with E-state index in [4.69, 9.17) is 15.8 Å². The van der Waals surface area contributed by atoms with E-state index in [-0.39, 0.29) is 21.5 Å². The number of halogens is 1. The molecule has 2 N–H and O–H groups in total. The molecule has 3 aromatic rings. The van der Waals surface area contributed by atoms with Gasteiger partial charge in [0.1, 0.15) is 10.6 Å². The zero-order valence-electron chi connectivity index (χ0n) is 12.3. The first kappa shape index (κ1) is 16.3. The Balaban J connectivity index is 2.06. The SMILES string of the molecule is Cc1cc(OS(=O)(=O)c2ccc3[nH]c(=O)[nH]c(=O)c3c2)ccc1Cl. The number of fused-ring (bicyclic) bond motifs is 1. The monoisotopic (exact) mass is 366 g/mol. The van der Waals surface area contributed by atoms with Crippen LogP contribution in [-0.2, 0) is 10.1 Å². The Kier molecular flexibility index (Phi) is 3.94. The summed E-state index contributed by atoms with van der Waals surface area (Å²) < 4.78 is 29.8. The van der Waals surface area contributed by atoms with Crippen molar-refractivity contribution in [3.05, 3.63) is 67.8 Å². The smallest absolute Gasteiger partial charge is 0.339 e. The molecule has 1 aromatic heterocycles. The Morgan fingerprint density at radius 1 is 1.04 bits per heavy atom. The normalized spacial score (nSPS) is 11.6. The second kappa shape index (κ2) is 5.81. The average Bonchev–Trinajstić information content (AvgIpc) is 2.50. The number of H-pyrrole nitrogens is 2. The van der Waals surface area contributed by atoms with Crippen molar-refractivity contribution in [2.45, 2.75) is 11.8 Å². The lowest BCUT2D eigenvalue weighted by Crippen LogP contribution is -2.22. The molecule has 0 saturated carbocycles. The molecular weight excluding hydrogens is 356 g/mol. The summed E-state index contributed by atoms with van der Waals surface area (Å²) in [6.45, 7) is 1.72. The summed E-state index contributed by atoms with van der Waals surface area (Å²) in [5, 5.41) is 0.521. The Bertz CT molecular complexity index is 1160. The van der Waals surface area contributed by atoms with Gasteiger partial charge in [-0.25, -0.2) is 4.79 Å². The van der Waals surface area contributed by atoms with Crippen molar-refractivity contribution < 1.29 is 12.6 Å². The zero-order valence-corrected chi connectivity index (χ0v) is 13.9. The highest BCUT2D eigenvalue weighted by atomic mass is 35.5. The second-order valence-corrected chi connectivity index (χ2v) is 7.02. The van der Waals surface area contributed by atoms with E-state index in [9.17, 15) is 18.0 Å². The van der Waals surface area contributed by atoms with Gasteiger partial charge in [-0.3, -0.25) is 9.78 Å². The van der Waals surface area contributed by atoms with Crippen molar-refractivity contribution in [3.63, 3.8) is 0 Å². The summed E-state index contributed by atoms with van der Waals surface area (Å²) in [5.41, 5.74) is -0.467. The molecule has 0 unspecified atom stereocenters. The molecule has 0 aliphatic carbocycles.